The third-order valence-corrected chi connectivity index (χ3v) is 2.49. The van der Waals surface area contributed by atoms with Gasteiger partial charge in [0.25, 0.3) is 6.43 Å². The summed E-state index contributed by atoms with van der Waals surface area (Å²) in [6.07, 6.45) is -0.296. The Hall–Kier alpha value is -1.62. The quantitative estimate of drug-likeness (QED) is 0.817. The van der Waals surface area contributed by atoms with Gasteiger partial charge < -0.3 is 0 Å². The van der Waals surface area contributed by atoms with Crippen LogP contribution in [0.1, 0.15) is 12.0 Å². The van der Waals surface area contributed by atoms with Gasteiger partial charge in [0, 0.05) is 17.3 Å². The maximum Gasteiger partial charge on any atom is 0.264 e. The summed E-state index contributed by atoms with van der Waals surface area (Å²) in [5, 5.41) is -0.219. The molecular weight excluding hydrogens is 253 g/mol. The van der Waals surface area contributed by atoms with Gasteiger partial charge in [-0.25, -0.2) is 23.1 Å². The molecule has 0 bridgehead atoms. The maximum absolute atomic E-state index is 13.8. The van der Waals surface area contributed by atoms with Gasteiger partial charge in [-0.05, 0) is 12.1 Å². The zero-order valence-electron chi connectivity index (χ0n) is 8.37. The van der Waals surface area contributed by atoms with Gasteiger partial charge in [0.1, 0.15) is 6.33 Å². The van der Waals surface area contributed by atoms with E-state index in [1.807, 2.05) is 0 Å². The van der Waals surface area contributed by atoms with Crippen LogP contribution in [0, 0.1) is 5.82 Å². The van der Waals surface area contributed by atoms with Crippen LogP contribution in [0.3, 0.4) is 0 Å². The number of hydrogen-bond acceptors (Lipinski definition) is 2. The lowest BCUT2D eigenvalue weighted by Gasteiger charge is -2.10. The molecule has 2 aromatic rings. The Labute approximate surface area is 100 Å². The summed E-state index contributed by atoms with van der Waals surface area (Å²) >= 11 is 5.58. The van der Waals surface area contributed by atoms with Crippen molar-refractivity contribution < 1.29 is 13.2 Å². The number of benzene rings is 1. The molecular formula is C11H6ClF3N2. The second-order valence-electron chi connectivity index (χ2n) is 3.22. The van der Waals surface area contributed by atoms with Crippen molar-refractivity contribution in [3.8, 4) is 11.3 Å². The van der Waals surface area contributed by atoms with E-state index in [9.17, 15) is 13.2 Å². The highest BCUT2D eigenvalue weighted by Gasteiger charge is 2.20. The fourth-order valence-electron chi connectivity index (χ4n) is 1.45. The van der Waals surface area contributed by atoms with Gasteiger partial charge in [-0.2, -0.15) is 0 Å². The third-order valence-electron chi connectivity index (χ3n) is 2.20. The number of halogens is 4. The first-order chi connectivity index (χ1) is 8.11. The van der Waals surface area contributed by atoms with E-state index < -0.39 is 17.8 Å². The summed E-state index contributed by atoms with van der Waals surface area (Å²) in [4.78, 5) is 7.39. The molecule has 0 atom stereocenters. The number of hydrogen-bond donors (Lipinski definition) is 0. The molecule has 1 aromatic carbocycles. The molecule has 0 spiro atoms. The molecule has 0 N–H and O–H groups in total. The minimum absolute atomic E-state index is 0.0790. The molecule has 17 heavy (non-hydrogen) atoms. The molecule has 0 fully saturated rings. The first kappa shape index (κ1) is 11.9. The summed E-state index contributed by atoms with van der Waals surface area (Å²) in [6, 6.07) is 3.54. The second kappa shape index (κ2) is 4.71. The van der Waals surface area contributed by atoms with Gasteiger partial charge in [-0.3, -0.25) is 0 Å². The molecule has 0 saturated carbocycles. The van der Waals surface area contributed by atoms with Gasteiger partial charge in [-0.1, -0.05) is 17.7 Å². The molecule has 0 unspecified atom stereocenters. The molecule has 0 saturated heterocycles. The predicted octanol–water partition coefficient (Wildman–Crippen LogP) is 3.87. The zero-order valence-corrected chi connectivity index (χ0v) is 9.13. The Kier molecular flexibility index (Phi) is 3.28. The SMILES string of the molecule is Fc1c(Cl)ccc(C(F)F)c1-c1ccncn1. The van der Waals surface area contributed by atoms with Crippen molar-refractivity contribution in [2.45, 2.75) is 6.43 Å². The van der Waals surface area contributed by atoms with Crippen LogP contribution in [0.4, 0.5) is 13.2 Å². The highest BCUT2D eigenvalue weighted by atomic mass is 35.5. The monoisotopic (exact) mass is 258 g/mol. The summed E-state index contributed by atoms with van der Waals surface area (Å²) in [6.45, 7) is 0. The molecule has 88 valence electrons. The maximum atomic E-state index is 13.8. The van der Waals surface area contributed by atoms with Crippen molar-refractivity contribution in [2.75, 3.05) is 0 Å². The van der Waals surface area contributed by atoms with E-state index in [1.54, 1.807) is 0 Å². The van der Waals surface area contributed by atoms with Gasteiger partial charge >= 0.3 is 0 Å². The Morgan fingerprint density at radius 1 is 1.18 bits per heavy atom. The van der Waals surface area contributed by atoms with E-state index in [2.05, 4.69) is 9.97 Å². The molecule has 2 nitrogen and oxygen atoms in total. The van der Waals surface area contributed by atoms with Crippen molar-refractivity contribution in [1.29, 1.82) is 0 Å². The smallest absolute Gasteiger partial charge is 0.245 e. The topological polar surface area (TPSA) is 25.8 Å². The Bertz CT molecular complexity index is 532. The second-order valence-corrected chi connectivity index (χ2v) is 3.63. The normalized spacial score (nSPS) is 10.9. The number of aromatic nitrogens is 2. The molecule has 0 aliphatic rings. The van der Waals surface area contributed by atoms with Gasteiger partial charge in [0.05, 0.1) is 10.7 Å². The fraction of sp³-hybridized carbons (Fsp3) is 0.0909. The summed E-state index contributed by atoms with van der Waals surface area (Å²) in [5.41, 5.74) is -0.643. The minimum atomic E-state index is -2.80. The van der Waals surface area contributed by atoms with Crippen LogP contribution >= 0.6 is 11.6 Å². The highest BCUT2D eigenvalue weighted by Crippen LogP contribution is 2.35. The number of rotatable bonds is 2. The third kappa shape index (κ3) is 2.24. The lowest BCUT2D eigenvalue weighted by Crippen LogP contribution is -1.97. The first-order valence-corrected chi connectivity index (χ1v) is 5.01. The highest BCUT2D eigenvalue weighted by molar-refractivity contribution is 6.31. The van der Waals surface area contributed by atoms with E-state index in [-0.39, 0.29) is 16.3 Å². The van der Waals surface area contributed by atoms with Crippen molar-refractivity contribution in [2.24, 2.45) is 0 Å². The largest absolute Gasteiger partial charge is 0.264 e. The van der Waals surface area contributed by atoms with E-state index in [1.165, 1.54) is 12.3 Å². The molecule has 6 heteroatoms. The van der Waals surface area contributed by atoms with Crippen LogP contribution in [-0.2, 0) is 0 Å². The Morgan fingerprint density at radius 3 is 2.53 bits per heavy atom. The van der Waals surface area contributed by atoms with Crippen LogP contribution in [0.25, 0.3) is 11.3 Å². The average Bonchev–Trinajstić information content (AvgIpc) is 2.33. The molecule has 0 aliphatic heterocycles. The first-order valence-electron chi connectivity index (χ1n) is 4.63. The standard InChI is InChI=1S/C11H6ClF3N2/c12-7-2-1-6(11(14)15)9(10(7)13)8-3-4-16-5-17-8/h1-5,11H. The predicted molar refractivity (Wildman–Crippen MR) is 57.4 cm³/mol. The summed E-state index contributed by atoms with van der Waals surface area (Å²) in [7, 11) is 0. The van der Waals surface area contributed by atoms with Gasteiger partial charge in [-0.15, -0.1) is 0 Å². The molecule has 1 aromatic heterocycles. The van der Waals surface area contributed by atoms with Gasteiger partial charge in [0.15, 0.2) is 5.82 Å². The molecule has 0 radical (unpaired) electrons. The van der Waals surface area contributed by atoms with Crippen LogP contribution in [-0.4, -0.2) is 9.97 Å². The fourth-order valence-corrected chi connectivity index (χ4v) is 1.60. The number of alkyl halides is 2. The van der Waals surface area contributed by atoms with Crippen molar-refractivity contribution in [3.63, 3.8) is 0 Å². The van der Waals surface area contributed by atoms with Crippen molar-refractivity contribution in [1.82, 2.24) is 9.97 Å². The van der Waals surface area contributed by atoms with E-state index in [4.69, 9.17) is 11.6 Å². The van der Waals surface area contributed by atoms with E-state index >= 15 is 0 Å². The van der Waals surface area contributed by atoms with E-state index in [0.29, 0.717) is 0 Å². The Balaban J connectivity index is 2.70. The zero-order chi connectivity index (χ0) is 12.4. The van der Waals surface area contributed by atoms with Crippen LogP contribution in [0.2, 0.25) is 5.02 Å². The van der Waals surface area contributed by atoms with Crippen LogP contribution in [0.15, 0.2) is 30.7 Å². The summed E-state index contributed by atoms with van der Waals surface area (Å²) in [5.74, 6) is -0.900. The molecule has 0 aliphatic carbocycles. The lowest BCUT2D eigenvalue weighted by atomic mass is 10.0. The molecule has 0 amide bonds. The van der Waals surface area contributed by atoms with Gasteiger partial charge in [0.2, 0.25) is 0 Å². The molecule has 1 heterocycles. The summed E-state index contributed by atoms with van der Waals surface area (Å²) < 4.78 is 39.3. The lowest BCUT2D eigenvalue weighted by molar-refractivity contribution is 0.151. The minimum Gasteiger partial charge on any atom is -0.245 e. The average molecular weight is 259 g/mol. The van der Waals surface area contributed by atoms with Crippen LogP contribution in [0.5, 0.6) is 0 Å². The van der Waals surface area contributed by atoms with Crippen molar-refractivity contribution >= 4 is 11.6 Å². The van der Waals surface area contributed by atoms with Crippen LogP contribution < -0.4 is 0 Å². The van der Waals surface area contributed by atoms with E-state index in [0.717, 1.165) is 18.5 Å². The van der Waals surface area contributed by atoms with Crippen molar-refractivity contribution in [3.05, 3.63) is 47.1 Å². The number of nitrogens with zero attached hydrogens (tertiary/aromatic N) is 2. The Morgan fingerprint density at radius 2 is 1.94 bits per heavy atom. The molecule has 2 rings (SSSR count).